The maximum absolute atomic E-state index is 12.6. The number of aldehydes is 1. The number of carboxylic acids is 1. The summed E-state index contributed by atoms with van der Waals surface area (Å²) in [5, 5.41) is 13.2. The van der Waals surface area contributed by atoms with Gasteiger partial charge in [0.25, 0.3) is 11.8 Å². The van der Waals surface area contributed by atoms with E-state index in [-0.39, 0.29) is 39.6 Å². The molecule has 0 spiro atoms. The Labute approximate surface area is 149 Å². The van der Waals surface area contributed by atoms with Crippen LogP contribution in [0.5, 0.6) is 0 Å². The van der Waals surface area contributed by atoms with Crippen molar-refractivity contribution in [2.45, 2.75) is 13.8 Å². The van der Waals surface area contributed by atoms with Crippen LogP contribution in [-0.2, 0) is 0 Å². The van der Waals surface area contributed by atoms with Crippen LogP contribution in [-0.4, -0.2) is 47.3 Å². The molecule has 8 nitrogen and oxygen atoms in total. The first-order chi connectivity index (χ1) is 12.4. The van der Waals surface area contributed by atoms with Crippen LogP contribution in [0.4, 0.5) is 0 Å². The Hall–Kier alpha value is -3.26. The van der Waals surface area contributed by atoms with Gasteiger partial charge in [0.05, 0.1) is 5.56 Å². The second-order valence-electron chi connectivity index (χ2n) is 5.49. The van der Waals surface area contributed by atoms with Crippen LogP contribution in [0, 0.1) is 0 Å². The number of nitrogens with zero attached hydrogens (tertiary/aromatic N) is 1. The van der Waals surface area contributed by atoms with Crippen molar-refractivity contribution in [2.75, 3.05) is 13.1 Å². The van der Waals surface area contributed by atoms with Gasteiger partial charge in [-0.15, -0.1) is 0 Å². The summed E-state index contributed by atoms with van der Waals surface area (Å²) in [5.41, 5.74) is 0.0488. The lowest BCUT2D eigenvalue weighted by molar-refractivity contribution is 0.0696. The van der Waals surface area contributed by atoms with E-state index in [1.165, 1.54) is 24.3 Å². The van der Waals surface area contributed by atoms with Crippen LogP contribution < -0.4 is 11.2 Å². The molecular weight excluding hydrogens is 338 g/mol. The van der Waals surface area contributed by atoms with E-state index >= 15 is 0 Å². The Morgan fingerprint density at radius 3 is 2.23 bits per heavy atom. The van der Waals surface area contributed by atoms with Crippen molar-refractivity contribution < 1.29 is 24.3 Å². The molecular formula is C18H19N3O5. The van der Waals surface area contributed by atoms with Gasteiger partial charge < -0.3 is 10.4 Å². The van der Waals surface area contributed by atoms with E-state index in [1.807, 2.05) is 0 Å². The lowest BCUT2D eigenvalue weighted by Gasteiger charge is -2.18. The largest absolute Gasteiger partial charge is 0.478 e. The Balaban J connectivity index is 2.97. The number of amides is 2. The molecule has 0 saturated heterocycles. The molecule has 0 radical (unpaired) electrons. The van der Waals surface area contributed by atoms with Gasteiger partial charge >= 0.3 is 5.97 Å². The van der Waals surface area contributed by atoms with Gasteiger partial charge in [0.1, 0.15) is 0 Å². The molecule has 8 heteroatoms. The zero-order chi connectivity index (χ0) is 19.4. The second-order valence-corrected chi connectivity index (χ2v) is 5.49. The molecule has 26 heavy (non-hydrogen) atoms. The van der Waals surface area contributed by atoms with E-state index in [0.29, 0.717) is 12.8 Å². The first-order valence-electron chi connectivity index (χ1n) is 8.00. The zero-order valence-electron chi connectivity index (χ0n) is 14.4. The maximum atomic E-state index is 12.6. The summed E-state index contributed by atoms with van der Waals surface area (Å²) >= 11 is 0. The highest BCUT2D eigenvalue weighted by Gasteiger charge is 2.24. The minimum atomic E-state index is -1.28. The Bertz CT molecular complexity index is 907. The van der Waals surface area contributed by atoms with Gasteiger partial charge in [0.2, 0.25) is 0 Å². The van der Waals surface area contributed by atoms with E-state index in [9.17, 15) is 24.3 Å². The Morgan fingerprint density at radius 1 is 1.08 bits per heavy atom. The topological polar surface area (TPSA) is 130 Å². The Kier molecular flexibility index (Phi) is 5.68. The lowest BCUT2D eigenvalue weighted by atomic mass is 9.91. The fourth-order valence-corrected chi connectivity index (χ4v) is 2.72. The molecule has 2 rings (SSSR count). The van der Waals surface area contributed by atoms with Crippen LogP contribution in [0.15, 0.2) is 24.3 Å². The number of hydrazine groups is 1. The van der Waals surface area contributed by atoms with Crippen LogP contribution in [0.25, 0.3) is 10.8 Å². The smallest absolute Gasteiger partial charge is 0.336 e. The van der Waals surface area contributed by atoms with E-state index in [2.05, 4.69) is 5.32 Å². The van der Waals surface area contributed by atoms with Crippen molar-refractivity contribution in [1.29, 1.82) is 0 Å². The van der Waals surface area contributed by atoms with Gasteiger partial charge in [-0.3, -0.25) is 19.4 Å². The second kappa shape index (κ2) is 7.75. The highest BCUT2D eigenvalue weighted by atomic mass is 16.4. The number of carbonyl (C=O) groups is 4. The van der Waals surface area contributed by atoms with Crippen molar-refractivity contribution in [1.82, 2.24) is 10.3 Å². The standard InChI is InChI=1S/C18H19N3O5/c1-3-20-16(23)11-6-5-10(9-22)14-12(17(24)21(19)4-2)7-8-13(15(11)14)18(25)26/h5-9H,3-4,19H2,1-2H3,(H,20,23)(H,25,26). The van der Waals surface area contributed by atoms with Crippen molar-refractivity contribution in [3.8, 4) is 0 Å². The van der Waals surface area contributed by atoms with Crippen LogP contribution in [0.1, 0.15) is 55.3 Å². The summed E-state index contributed by atoms with van der Waals surface area (Å²) in [6, 6.07) is 5.30. The highest BCUT2D eigenvalue weighted by molar-refractivity contribution is 6.22. The molecule has 0 heterocycles. The number of aromatic carboxylic acids is 1. The minimum absolute atomic E-state index is 0.0309. The van der Waals surface area contributed by atoms with Crippen molar-refractivity contribution in [2.24, 2.45) is 5.84 Å². The number of carbonyl (C=O) groups excluding carboxylic acids is 3. The Morgan fingerprint density at radius 2 is 1.69 bits per heavy atom. The minimum Gasteiger partial charge on any atom is -0.478 e. The van der Waals surface area contributed by atoms with Crippen LogP contribution in [0.2, 0.25) is 0 Å². The zero-order valence-corrected chi connectivity index (χ0v) is 14.4. The predicted molar refractivity (Wildman–Crippen MR) is 95.2 cm³/mol. The SMILES string of the molecule is CCNC(=O)c1ccc(C=O)c2c(C(=O)N(N)CC)ccc(C(=O)O)c12. The molecule has 0 aliphatic carbocycles. The summed E-state index contributed by atoms with van der Waals surface area (Å²) in [6.07, 6.45) is 0.513. The molecule has 2 aromatic carbocycles. The third-order valence-corrected chi connectivity index (χ3v) is 3.96. The molecule has 2 aromatic rings. The van der Waals surface area contributed by atoms with Gasteiger partial charge in [0, 0.05) is 40.6 Å². The average molecular weight is 357 g/mol. The number of hydrogen-bond donors (Lipinski definition) is 3. The van der Waals surface area contributed by atoms with E-state index in [0.717, 1.165) is 5.01 Å². The van der Waals surface area contributed by atoms with E-state index < -0.39 is 17.8 Å². The predicted octanol–water partition coefficient (Wildman–Crippen LogP) is 1.44. The summed E-state index contributed by atoms with van der Waals surface area (Å²) in [7, 11) is 0. The number of nitrogens with two attached hydrogens (primary N) is 1. The normalized spacial score (nSPS) is 10.4. The molecule has 0 atom stereocenters. The fraction of sp³-hybridized carbons (Fsp3) is 0.222. The molecule has 136 valence electrons. The quantitative estimate of drug-likeness (QED) is 0.310. The number of nitrogens with one attached hydrogen (secondary N) is 1. The maximum Gasteiger partial charge on any atom is 0.336 e. The van der Waals surface area contributed by atoms with Crippen molar-refractivity contribution in [3.63, 3.8) is 0 Å². The number of benzene rings is 2. The average Bonchev–Trinajstić information content (AvgIpc) is 2.64. The summed E-state index contributed by atoms with van der Waals surface area (Å²) in [5.74, 6) is 3.32. The molecule has 2 amide bonds. The molecule has 0 aliphatic rings. The number of fused-ring (bicyclic) bond motifs is 1. The van der Waals surface area contributed by atoms with Gasteiger partial charge in [0.15, 0.2) is 6.29 Å². The number of carboxylic acid groups (broad SMARTS) is 1. The molecule has 0 unspecified atom stereocenters. The van der Waals surface area contributed by atoms with E-state index in [4.69, 9.17) is 5.84 Å². The van der Waals surface area contributed by atoms with E-state index in [1.54, 1.807) is 13.8 Å². The third-order valence-electron chi connectivity index (χ3n) is 3.96. The van der Waals surface area contributed by atoms with Crippen molar-refractivity contribution >= 4 is 34.8 Å². The number of rotatable bonds is 6. The highest BCUT2D eigenvalue weighted by Crippen LogP contribution is 2.30. The molecule has 4 N–H and O–H groups in total. The van der Waals surface area contributed by atoms with Crippen LogP contribution in [0.3, 0.4) is 0 Å². The van der Waals surface area contributed by atoms with Gasteiger partial charge in [-0.1, -0.05) is 6.07 Å². The first kappa shape index (κ1) is 19.1. The monoisotopic (exact) mass is 357 g/mol. The van der Waals surface area contributed by atoms with Gasteiger partial charge in [-0.25, -0.2) is 10.6 Å². The van der Waals surface area contributed by atoms with Gasteiger partial charge in [-0.2, -0.15) is 0 Å². The lowest BCUT2D eigenvalue weighted by Crippen LogP contribution is -2.37. The molecule has 0 saturated carbocycles. The summed E-state index contributed by atoms with van der Waals surface area (Å²) in [4.78, 5) is 48.2. The fourth-order valence-electron chi connectivity index (χ4n) is 2.72. The van der Waals surface area contributed by atoms with Crippen molar-refractivity contribution in [3.05, 3.63) is 46.5 Å². The first-order valence-corrected chi connectivity index (χ1v) is 8.00. The molecule has 0 aliphatic heterocycles. The van der Waals surface area contributed by atoms with Gasteiger partial charge in [-0.05, 0) is 32.0 Å². The van der Waals surface area contributed by atoms with Crippen LogP contribution >= 0.6 is 0 Å². The summed E-state index contributed by atoms with van der Waals surface area (Å²) < 4.78 is 0. The molecule has 0 aromatic heterocycles. The third kappa shape index (κ3) is 3.27. The molecule has 0 fully saturated rings. The number of hydrogen-bond acceptors (Lipinski definition) is 5. The summed E-state index contributed by atoms with van der Waals surface area (Å²) in [6.45, 7) is 3.95. The molecule has 0 bridgehead atoms.